The Labute approximate surface area is 79.6 Å². The number of aliphatic hydroxyl groups excluding tert-OH is 1. The normalized spacial score (nSPS) is 11.7. The zero-order valence-electron chi connectivity index (χ0n) is 7.86. The van der Waals surface area contributed by atoms with Crippen LogP contribution in [0.2, 0.25) is 0 Å². The summed E-state index contributed by atoms with van der Waals surface area (Å²) in [4.78, 5) is 0. The van der Waals surface area contributed by atoms with Crippen LogP contribution in [-0.2, 0) is 0 Å². The van der Waals surface area contributed by atoms with Crippen molar-refractivity contribution < 1.29 is 5.11 Å². The van der Waals surface area contributed by atoms with Crippen LogP contribution < -0.4 is 5.32 Å². The minimum atomic E-state index is -0.183. The highest BCUT2D eigenvalue weighted by atomic mass is 35.5. The molecule has 0 bridgehead atoms. The van der Waals surface area contributed by atoms with Crippen LogP contribution in [0.25, 0.3) is 0 Å². The van der Waals surface area contributed by atoms with Crippen molar-refractivity contribution in [2.45, 2.75) is 32.2 Å². The highest BCUT2D eigenvalue weighted by Gasteiger charge is 2.23. The second-order valence-corrected chi connectivity index (χ2v) is 3.55. The van der Waals surface area contributed by atoms with Crippen molar-refractivity contribution >= 4 is 11.6 Å². The molecule has 72 valence electrons. The van der Waals surface area contributed by atoms with Gasteiger partial charge in [-0.3, -0.25) is 0 Å². The molecule has 2 N–H and O–H groups in total. The molecule has 2 nitrogen and oxygen atoms in total. The van der Waals surface area contributed by atoms with E-state index in [2.05, 4.69) is 11.9 Å². The molecule has 0 aromatic carbocycles. The molecule has 0 aromatic rings. The lowest BCUT2D eigenvalue weighted by Crippen LogP contribution is -2.47. The van der Waals surface area contributed by atoms with Crippen molar-refractivity contribution in [3.63, 3.8) is 0 Å². The Hall–Kier alpha value is -0.0500. The van der Waals surface area contributed by atoms with E-state index in [1.807, 2.05) is 13.8 Å². The van der Waals surface area contributed by atoms with Gasteiger partial charge in [-0.25, -0.2) is 0 Å². The van der Waals surface area contributed by atoms with Crippen LogP contribution in [-0.4, -0.2) is 23.8 Å². The first-order valence-electron chi connectivity index (χ1n) is 4.29. The summed E-state index contributed by atoms with van der Waals surface area (Å²) in [6, 6.07) is 0. The fourth-order valence-electron chi connectivity index (χ4n) is 1.06. The molecule has 0 aromatic heterocycles. The van der Waals surface area contributed by atoms with Gasteiger partial charge in [-0.1, -0.05) is 32.0 Å². The van der Waals surface area contributed by atoms with Gasteiger partial charge < -0.3 is 10.4 Å². The monoisotopic (exact) mass is 191 g/mol. The molecule has 0 aliphatic heterocycles. The van der Waals surface area contributed by atoms with E-state index >= 15 is 0 Å². The van der Waals surface area contributed by atoms with Crippen molar-refractivity contribution in [2.24, 2.45) is 0 Å². The smallest absolute Gasteiger partial charge is 0.0613 e. The average molecular weight is 192 g/mol. The molecule has 0 amide bonds. The third kappa shape index (κ3) is 3.57. The van der Waals surface area contributed by atoms with E-state index in [4.69, 9.17) is 16.7 Å². The van der Waals surface area contributed by atoms with E-state index in [1.165, 1.54) is 0 Å². The summed E-state index contributed by atoms with van der Waals surface area (Å²) in [5, 5.41) is 12.9. The second-order valence-electron chi connectivity index (χ2n) is 3.02. The Balaban J connectivity index is 4.01. The van der Waals surface area contributed by atoms with Crippen molar-refractivity contribution in [3.8, 4) is 0 Å². The van der Waals surface area contributed by atoms with E-state index in [1.54, 1.807) is 0 Å². The highest BCUT2D eigenvalue weighted by Crippen LogP contribution is 2.14. The SMILES string of the molecule is C=C(Cl)CNC(CC)(CC)CO. The predicted octanol–water partition coefficient (Wildman–Crippen LogP) is 1.88. The third-order valence-corrected chi connectivity index (χ3v) is 2.45. The summed E-state index contributed by atoms with van der Waals surface area (Å²) in [5.74, 6) is 0. The van der Waals surface area contributed by atoms with Crippen molar-refractivity contribution in [1.82, 2.24) is 5.32 Å². The van der Waals surface area contributed by atoms with Gasteiger partial charge >= 0.3 is 0 Å². The van der Waals surface area contributed by atoms with Gasteiger partial charge in [0.1, 0.15) is 0 Å². The van der Waals surface area contributed by atoms with E-state index in [0.29, 0.717) is 11.6 Å². The van der Waals surface area contributed by atoms with E-state index in [-0.39, 0.29) is 12.1 Å². The van der Waals surface area contributed by atoms with Gasteiger partial charge in [0.05, 0.1) is 6.61 Å². The summed E-state index contributed by atoms with van der Waals surface area (Å²) < 4.78 is 0. The first-order chi connectivity index (χ1) is 5.60. The van der Waals surface area contributed by atoms with E-state index < -0.39 is 0 Å². The summed E-state index contributed by atoms with van der Waals surface area (Å²) in [5.41, 5.74) is -0.183. The zero-order chi connectivity index (χ0) is 9.61. The molecule has 12 heavy (non-hydrogen) atoms. The van der Waals surface area contributed by atoms with Gasteiger partial charge in [0.2, 0.25) is 0 Å². The van der Waals surface area contributed by atoms with Gasteiger partial charge in [-0.05, 0) is 12.8 Å². The van der Waals surface area contributed by atoms with E-state index in [9.17, 15) is 0 Å². The number of halogens is 1. The maximum atomic E-state index is 9.15. The van der Waals surface area contributed by atoms with Crippen molar-refractivity contribution in [2.75, 3.05) is 13.2 Å². The Morgan fingerprint density at radius 3 is 2.25 bits per heavy atom. The molecule has 0 spiro atoms. The number of aliphatic hydroxyl groups is 1. The molecular weight excluding hydrogens is 174 g/mol. The van der Waals surface area contributed by atoms with Crippen LogP contribution in [0.1, 0.15) is 26.7 Å². The lowest BCUT2D eigenvalue weighted by molar-refractivity contribution is 0.155. The fraction of sp³-hybridized carbons (Fsp3) is 0.778. The highest BCUT2D eigenvalue weighted by molar-refractivity contribution is 6.29. The Morgan fingerprint density at radius 2 is 2.00 bits per heavy atom. The van der Waals surface area contributed by atoms with Crippen LogP contribution in [0.5, 0.6) is 0 Å². The van der Waals surface area contributed by atoms with Gasteiger partial charge in [0, 0.05) is 17.1 Å². The predicted molar refractivity (Wildman–Crippen MR) is 53.4 cm³/mol. The molecule has 0 fully saturated rings. The maximum Gasteiger partial charge on any atom is 0.0613 e. The van der Waals surface area contributed by atoms with Gasteiger partial charge in [0.25, 0.3) is 0 Å². The van der Waals surface area contributed by atoms with E-state index in [0.717, 1.165) is 12.8 Å². The van der Waals surface area contributed by atoms with Crippen molar-refractivity contribution in [3.05, 3.63) is 11.6 Å². The molecule has 0 aliphatic carbocycles. The van der Waals surface area contributed by atoms with Crippen molar-refractivity contribution in [1.29, 1.82) is 0 Å². The number of rotatable bonds is 6. The Bertz CT molecular complexity index is 135. The molecule has 0 saturated heterocycles. The summed E-state index contributed by atoms with van der Waals surface area (Å²) in [7, 11) is 0. The average Bonchev–Trinajstić information content (AvgIpc) is 2.08. The minimum Gasteiger partial charge on any atom is -0.394 e. The molecular formula is C9H18ClNO. The molecule has 3 heteroatoms. The minimum absolute atomic E-state index is 0.143. The van der Waals surface area contributed by atoms with Crippen LogP contribution in [0.15, 0.2) is 11.6 Å². The second kappa shape index (κ2) is 5.57. The van der Waals surface area contributed by atoms with Gasteiger partial charge in [0.15, 0.2) is 0 Å². The van der Waals surface area contributed by atoms with Crippen LogP contribution in [0.4, 0.5) is 0 Å². The summed E-state index contributed by atoms with van der Waals surface area (Å²) >= 11 is 5.62. The molecule has 0 radical (unpaired) electrons. The summed E-state index contributed by atoms with van der Waals surface area (Å²) in [6.07, 6.45) is 1.79. The largest absolute Gasteiger partial charge is 0.394 e. The molecule has 0 atom stereocenters. The number of hydrogen-bond acceptors (Lipinski definition) is 2. The first kappa shape index (κ1) is 11.9. The molecule has 0 aliphatic rings. The third-order valence-electron chi connectivity index (χ3n) is 2.31. The molecule has 0 saturated carbocycles. The molecule has 0 rings (SSSR count). The number of hydrogen-bond donors (Lipinski definition) is 2. The topological polar surface area (TPSA) is 32.3 Å². The first-order valence-corrected chi connectivity index (χ1v) is 4.67. The quantitative estimate of drug-likeness (QED) is 0.672. The lowest BCUT2D eigenvalue weighted by atomic mass is 9.94. The summed E-state index contributed by atoms with van der Waals surface area (Å²) in [6.45, 7) is 8.38. The van der Waals surface area contributed by atoms with Crippen LogP contribution in [0, 0.1) is 0 Å². The Morgan fingerprint density at radius 1 is 1.50 bits per heavy atom. The molecule has 0 heterocycles. The van der Waals surface area contributed by atoms with Crippen LogP contribution in [0.3, 0.4) is 0 Å². The van der Waals surface area contributed by atoms with Gasteiger partial charge in [-0.15, -0.1) is 0 Å². The number of nitrogens with one attached hydrogen (secondary N) is 1. The zero-order valence-corrected chi connectivity index (χ0v) is 8.62. The van der Waals surface area contributed by atoms with Crippen LogP contribution >= 0.6 is 11.6 Å². The lowest BCUT2D eigenvalue weighted by Gasteiger charge is -2.30. The fourth-order valence-corrected chi connectivity index (χ4v) is 1.13. The Kier molecular flexibility index (Phi) is 5.55. The molecule has 0 unspecified atom stereocenters. The van der Waals surface area contributed by atoms with Gasteiger partial charge in [-0.2, -0.15) is 0 Å². The standard InChI is InChI=1S/C9H18ClNO/c1-4-9(5-2,7-12)11-6-8(3)10/h11-12H,3-7H2,1-2H3. The maximum absolute atomic E-state index is 9.15.